The summed E-state index contributed by atoms with van der Waals surface area (Å²) in [7, 11) is 0. The minimum atomic E-state index is -0.596. The normalized spacial score (nSPS) is 23.8. The second kappa shape index (κ2) is 6.46. The molecule has 0 amide bonds. The van der Waals surface area contributed by atoms with E-state index in [1.807, 2.05) is 25.1 Å². The molecule has 6 heteroatoms. The highest BCUT2D eigenvalue weighted by atomic mass is 32.1. The summed E-state index contributed by atoms with van der Waals surface area (Å²) in [5.74, 6) is 1.17. The van der Waals surface area contributed by atoms with Gasteiger partial charge in [-0.1, -0.05) is 18.2 Å². The molecule has 5 rings (SSSR count). The smallest absolute Gasteiger partial charge is 0.136 e. The number of rotatable bonds is 2. The third-order valence-electron chi connectivity index (χ3n) is 6.16. The summed E-state index contributed by atoms with van der Waals surface area (Å²) < 4.78 is 2.08. The van der Waals surface area contributed by atoms with Crippen molar-refractivity contribution in [2.45, 2.75) is 51.0 Å². The molecule has 142 valence electrons. The molecule has 1 aromatic carbocycles. The Bertz CT molecular complexity index is 1060. The van der Waals surface area contributed by atoms with E-state index in [-0.39, 0.29) is 6.04 Å². The van der Waals surface area contributed by atoms with Crippen molar-refractivity contribution >= 4 is 17.2 Å². The Balaban J connectivity index is 1.73. The first-order valence-corrected chi connectivity index (χ1v) is 10.8. The number of nitrogens with zero attached hydrogens (tertiary/aromatic N) is 5. The number of hydrogen-bond donors (Lipinski definition) is 0. The molecule has 0 bridgehead atoms. The summed E-state index contributed by atoms with van der Waals surface area (Å²) in [6.45, 7) is 5.04. The van der Waals surface area contributed by atoms with Crippen molar-refractivity contribution < 1.29 is 0 Å². The van der Waals surface area contributed by atoms with Crippen molar-refractivity contribution in [2.75, 3.05) is 11.4 Å². The molecule has 5 nitrogen and oxygen atoms in total. The number of fused-ring (bicyclic) bond motifs is 3. The van der Waals surface area contributed by atoms with Gasteiger partial charge in [0, 0.05) is 29.6 Å². The number of hydrogen-bond acceptors (Lipinski definition) is 5. The van der Waals surface area contributed by atoms with Gasteiger partial charge in [0.2, 0.25) is 0 Å². The number of para-hydroxylation sites is 1. The quantitative estimate of drug-likeness (QED) is 0.655. The third-order valence-corrected chi connectivity index (χ3v) is 7.30. The van der Waals surface area contributed by atoms with E-state index in [1.54, 1.807) is 11.3 Å². The maximum Gasteiger partial charge on any atom is 0.136 e. The maximum absolute atomic E-state index is 10.4. The molecule has 3 aromatic rings. The van der Waals surface area contributed by atoms with E-state index >= 15 is 0 Å². The summed E-state index contributed by atoms with van der Waals surface area (Å²) in [6, 6.07) is 13.2. The zero-order chi connectivity index (χ0) is 19.3. The van der Waals surface area contributed by atoms with Gasteiger partial charge in [-0.15, -0.1) is 11.3 Å². The molecule has 0 spiro atoms. The van der Waals surface area contributed by atoms with E-state index in [4.69, 9.17) is 10.1 Å². The van der Waals surface area contributed by atoms with Crippen LogP contribution in [0.15, 0.2) is 35.7 Å². The zero-order valence-electron chi connectivity index (χ0n) is 16.2. The lowest BCUT2D eigenvalue weighted by Crippen LogP contribution is -2.57. The van der Waals surface area contributed by atoms with Gasteiger partial charge >= 0.3 is 0 Å². The predicted molar refractivity (Wildman–Crippen MR) is 111 cm³/mol. The molecule has 0 saturated carbocycles. The highest BCUT2D eigenvalue weighted by Crippen LogP contribution is 2.48. The lowest BCUT2D eigenvalue weighted by Gasteiger charge is -2.48. The average molecular weight is 390 g/mol. The lowest BCUT2D eigenvalue weighted by molar-refractivity contribution is 0.320. The van der Waals surface area contributed by atoms with Gasteiger partial charge in [-0.3, -0.25) is 0 Å². The Hall–Kier alpha value is -2.65. The Morgan fingerprint density at radius 1 is 1.21 bits per heavy atom. The van der Waals surface area contributed by atoms with Crippen LogP contribution in [0.5, 0.6) is 0 Å². The summed E-state index contributed by atoms with van der Waals surface area (Å²) >= 11 is 1.63. The van der Waals surface area contributed by atoms with Crippen LogP contribution in [0.25, 0.3) is 5.69 Å². The van der Waals surface area contributed by atoms with Gasteiger partial charge in [-0.25, -0.2) is 9.67 Å². The number of nitriles is 1. The predicted octanol–water partition coefficient (Wildman–Crippen LogP) is 4.32. The maximum atomic E-state index is 10.4. The average Bonchev–Trinajstić information content (AvgIpc) is 3.32. The first-order valence-electron chi connectivity index (χ1n) is 9.88. The second-order valence-electron chi connectivity index (χ2n) is 7.89. The van der Waals surface area contributed by atoms with E-state index in [9.17, 15) is 5.26 Å². The number of aryl methyl sites for hydroxylation is 2. The van der Waals surface area contributed by atoms with E-state index in [1.165, 1.54) is 11.4 Å². The van der Waals surface area contributed by atoms with Gasteiger partial charge in [0.05, 0.1) is 23.5 Å². The van der Waals surface area contributed by atoms with Gasteiger partial charge < -0.3 is 4.90 Å². The molecule has 28 heavy (non-hydrogen) atoms. The first kappa shape index (κ1) is 17.4. The topological polar surface area (TPSA) is 57.7 Å². The SMILES string of the molecule is Cc1csc([C@@]2(C#N)Cc3c(C)nn(-c4ccccc4)c3N3CCCC[C@H]32)n1. The Labute approximate surface area is 169 Å². The van der Waals surface area contributed by atoms with Crippen LogP contribution < -0.4 is 4.90 Å². The number of anilines is 1. The van der Waals surface area contributed by atoms with Crippen LogP contribution in [-0.2, 0) is 11.8 Å². The van der Waals surface area contributed by atoms with Gasteiger partial charge in [-0.05, 0) is 45.2 Å². The fraction of sp³-hybridized carbons (Fsp3) is 0.409. The van der Waals surface area contributed by atoms with Crippen molar-refractivity contribution in [3.8, 4) is 11.8 Å². The molecular formula is C22H23N5S. The van der Waals surface area contributed by atoms with Gasteiger partial charge in [0.1, 0.15) is 16.2 Å². The summed E-state index contributed by atoms with van der Waals surface area (Å²) in [4.78, 5) is 7.23. The van der Waals surface area contributed by atoms with Crippen molar-refractivity contribution in [3.63, 3.8) is 0 Å². The number of benzene rings is 1. The highest BCUT2D eigenvalue weighted by molar-refractivity contribution is 7.09. The van der Waals surface area contributed by atoms with Crippen molar-refractivity contribution in [1.29, 1.82) is 5.26 Å². The molecular weight excluding hydrogens is 366 g/mol. The van der Waals surface area contributed by atoms with Gasteiger partial charge in [0.25, 0.3) is 0 Å². The molecule has 2 atom stereocenters. The summed E-state index contributed by atoms with van der Waals surface area (Å²) in [5, 5.41) is 18.4. The molecule has 0 N–H and O–H groups in total. The molecule has 0 radical (unpaired) electrons. The lowest BCUT2D eigenvalue weighted by atomic mass is 9.70. The Morgan fingerprint density at radius 2 is 2.04 bits per heavy atom. The third kappa shape index (κ3) is 2.43. The van der Waals surface area contributed by atoms with Crippen molar-refractivity contribution in [1.82, 2.24) is 14.8 Å². The van der Waals surface area contributed by atoms with Gasteiger partial charge in [0.15, 0.2) is 0 Å². The molecule has 0 aliphatic carbocycles. The Kier molecular flexibility index (Phi) is 4.02. The summed E-state index contributed by atoms with van der Waals surface area (Å²) in [5.41, 5.74) is 3.68. The second-order valence-corrected chi connectivity index (χ2v) is 8.75. The fourth-order valence-corrected chi connectivity index (χ4v) is 5.83. The van der Waals surface area contributed by atoms with E-state index in [0.29, 0.717) is 6.42 Å². The van der Waals surface area contributed by atoms with Crippen molar-refractivity contribution in [3.05, 3.63) is 57.7 Å². The van der Waals surface area contributed by atoms with Crippen LogP contribution in [0.3, 0.4) is 0 Å². The molecule has 2 aromatic heterocycles. The van der Waals surface area contributed by atoms with Crippen LogP contribution in [0.4, 0.5) is 5.82 Å². The number of aromatic nitrogens is 3. The van der Waals surface area contributed by atoms with E-state index < -0.39 is 5.41 Å². The number of thiazole rings is 1. The van der Waals surface area contributed by atoms with Crippen molar-refractivity contribution in [2.24, 2.45) is 0 Å². The highest BCUT2D eigenvalue weighted by Gasteiger charge is 2.52. The Morgan fingerprint density at radius 3 is 2.75 bits per heavy atom. The minimum absolute atomic E-state index is 0.142. The molecule has 2 aliphatic heterocycles. The zero-order valence-corrected chi connectivity index (χ0v) is 17.0. The first-order chi connectivity index (χ1) is 13.6. The van der Waals surface area contributed by atoms with Crippen LogP contribution >= 0.6 is 11.3 Å². The van der Waals surface area contributed by atoms with E-state index in [0.717, 1.165) is 47.9 Å². The largest absolute Gasteiger partial charge is 0.351 e. The monoisotopic (exact) mass is 389 g/mol. The molecule has 0 unspecified atom stereocenters. The van der Waals surface area contributed by atoms with Crippen LogP contribution in [0.1, 0.15) is 41.2 Å². The minimum Gasteiger partial charge on any atom is -0.351 e. The molecule has 1 fully saturated rings. The molecule has 4 heterocycles. The standard InChI is InChI=1S/C22H23N5S/c1-15-13-28-21(24-15)22(14-23)12-18-16(2)25-27(17-8-4-3-5-9-17)20(18)26-11-7-6-10-19(22)26/h3-5,8-9,13,19H,6-7,10-12H2,1-2H3/t19-,22+/m0/s1. The number of piperidine rings is 1. The summed E-state index contributed by atoms with van der Waals surface area (Å²) in [6.07, 6.45) is 4.01. The van der Waals surface area contributed by atoms with Crippen LogP contribution in [-0.4, -0.2) is 27.4 Å². The van der Waals surface area contributed by atoms with Crippen LogP contribution in [0.2, 0.25) is 0 Å². The fourth-order valence-electron chi connectivity index (χ4n) is 4.83. The van der Waals surface area contributed by atoms with Gasteiger partial charge in [-0.2, -0.15) is 10.4 Å². The molecule has 2 aliphatic rings. The van der Waals surface area contributed by atoms with Crippen LogP contribution in [0, 0.1) is 25.2 Å². The van der Waals surface area contributed by atoms with E-state index in [2.05, 4.69) is 40.1 Å². The molecule has 1 saturated heterocycles.